The van der Waals surface area contributed by atoms with E-state index in [0.29, 0.717) is 13.0 Å². The van der Waals surface area contributed by atoms with Gasteiger partial charge >= 0.3 is 0 Å². The molecule has 2 rings (SSSR count). The van der Waals surface area contributed by atoms with Crippen LogP contribution < -0.4 is 0 Å². The molecule has 1 aromatic carbocycles. The fraction of sp³-hybridized carbons (Fsp3) is 0.500. The van der Waals surface area contributed by atoms with E-state index in [1.54, 1.807) is 0 Å². The van der Waals surface area contributed by atoms with Crippen LogP contribution in [0.4, 0.5) is 0 Å². The first kappa shape index (κ1) is 10.6. The Hall–Kier alpha value is -0.900. The van der Waals surface area contributed by atoms with Gasteiger partial charge < -0.3 is 10.2 Å². The first-order valence-corrected chi connectivity index (χ1v) is 5.36. The third-order valence-corrected chi connectivity index (χ3v) is 2.95. The lowest BCUT2D eigenvalue weighted by atomic mass is 10.2. The minimum atomic E-state index is -0.286. The molecule has 3 nitrogen and oxygen atoms in total. The second-order valence-electron chi connectivity index (χ2n) is 4.14. The van der Waals surface area contributed by atoms with E-state index in [9.17, 15) is 10.2 Å². The third-order valence-electron chi connectivity index (χ3n) is 2.95. The Bertz CT molecular complexity index is 302. The topological polar surface area (TPSA) is 43.7 Å². The molecule has 1 aromatic rings. The molecule has 1 saturated heterocycles. The van der Waals surface area contributed by atoms with Crippen molar-refractivity contribution in [3.63, 3.8) is 0 Å². The van der Waals surface area contributed by atoms with E-state index in [4.69, 9.17) is 0 Å². The summed E-state index contributed by atoms with van der Waals surface area (Å²) in [5.74, 6) is 0. The Kier molecular flexibility index (Phi) is 3.36. The molecule has 1 aliphatic heterocycles. The summed E-state index contributed by atoms with van der Waals surface area (Å²) in [5.41, 5.74) is 1.23. The smallest absolute Gasteiger partial charge is 0.0683 e. The van der Waals surface area contributed by atoms with Crippen LogP contribution in [0.2, 0.25) is 0 Å². The number of benzene rings is 1. The molecule has 0 radical (unpaired) electrons. The number of β-amino-alcohol motifs (C(OH)–C–C–N with tert-alkyl or cyclic N) is 1. The molecular weight excluding hydrogens is 190 g/mol. The summed E-state index contributed by atoms with van der Waals surface area (Å²) in [6.07, 6.45) is 0.398. The normalized spacial score (nSPS) is 27.1. The van der Waals surface area contributed by atoms with E-state index in [1.807, 2.05) is 18.2 Å². The van der Waals surface area contributed by atoms with Crippen molar-refractivity contribution in [2.24, 2.45) is 0 Å². The summed E-state index contributed by atoms with van der Waals surface area (Å²) >= 11 is 0. The largest absolute Gasteiger partial charge is 0.395 e. The molecule has 3 heteroatoms. The molecule has 2 N–H and O–H groups in total. The molecule has 1 aliphatic rings. The molecular formula is C12H17NO2. The number of hydrogen-bond acceptors (Lipinski definition) is 3. The molecule has 0 spiro atoms. The van der Waals surface area contributed by atoms with E-state index in [-0.39, 0.29) is 18.8 Å². The molecule has 0 aromatic heterocycles. The molecule has 0 bridgehead atoms. The zero-order valence-electron chi connectivity index (χ0n) is 8.71. The summed E-state index contributed by atoms with van der Waals surface area (Å²) in [4.78, 5) is 2.14. The minimum absolute atomic E-state index is 0.111. The van der Waals surface area contributed by atoms with Crippen LogP contribution in [-0.4, -0.2) is 40.4 Å². The monoisotopic (exact) mass is 207 g/mol. The van der Waals surface area contributed by atoms with Crippen molar-refractivity contribution in [3.05, 3.63) is 35.9 Å². The fourth-order valence-corrected chi connectivity index (χ4v) is 2.16. The van der Waals surface area contributed by atoms with Gasteiger partial charge in [0.2, 0.25) is 0 Å². The van der Waals surface area contributed by atoms with Gasteiger partial charge in [-0.1, -0.05) is 30.3 Å². The van der Waals surface area contributed by atoms with E-state index < -0.39 is 0 Å². The second-order valence-corrected chi connectivity index (χ2v) is 4.14. The van der Waals surface area contributed by atoms with Crippen LogP contribution >= 0.6 is 0 Å². The van der Waals surface area contributed by atoms with Crippen molar-refractivity contribution in [3.8, 4) is 0 Å². The molecule has 2 atom stereocenters. The first-order valence-electron chi connectivity index (χ1n) is 5.36. The van der Waals surface area contributed by atoms with Gasteiger partial charge in [-0.15, -0.1) is 0 Å². The van der Waals surface area contributed by atoms with Crippen LogP contribution in [-0.2, 0) is 6.54 Å². The van der Waals surface area contributed by atoms with Gasteiger partial charge in [-0.05, 0) is 12.0 Å². The van der Waals surface area contributed by atoms with Gasteiger partial charge in [0.05, 0.1) is 12.7 Å². The summed E-state index contributed by atoms with van der Waals surface area (Å²) in [5, 5.41) is 18.7. The van der Waals surface area contributed by atoms with Crippen molar-refractivity contribution in [2.45, 2.75) is 25.1 Å². The number of nitrogens with zero attached hydrogens (tertiary/aromatic N) is 1. The summed E-state index contributed by atoms with van der Waals surface area (Å²) in [6.45, 7) is 1.60. The zero-order valence-corrected chi connectivity index (χ0v) is 8.71. The van der Waals surface area contributed by atoms with Crippen LogP contribution in [0.3, 0.4) is 0 Å². The lowest BCUT2D eigenvalue weighted by Gasteiger charge is -2.22. The zero-order chi connectivity index (χ0) is 10.7. The third kappa shape index (κ3) is 2.56. The van der Waals surface area contributed by atoms with Crippen molar-refractivity contribution < 1.29 is 10.2 Å². The van der Waals surface area contributed by atoms with Crippen molar-refractivity contribution in [1.29, 1.82) is 0 Å². The number of likely N-dealkylation sites (tertiary alicyclic amines) is 1. The van der Waals surface area contributed by atoms with Gasteiger partial charge in [0.15, 0.2) is 0 Å². The molecule has 1 heterocycles. The maximum absolute atomic E-state index is 9.53. The average Bonchev–Trinajstić information content (AvgIpc) is 2.60. The highest BCUT2D eigenvalue weighted by molar-refractivity contribution is 5.15. The molecule has 15 heavy (non-hydrogen) atoms. The van der Waals surface area contributed by atoms with Crippen LogP contribution in [0.1, 0.15) is 12.0 Å². The van der Waals surface area contributed by atoms with Crippen LogP contribution in [0.5, 0.6) is 0 Å². The Labute approximate surface area is 90.0 Å². The highest BCUT2D eigenvalue weighted by Crippen LogP contribution is 2.19. The highest BCUT2D eigenvalue weighted by atomic mass is 16.3. The van der Waals surface area contributed by atoms with Gasteiger partial charge in [0.25, 0.3) is 0 Å². The maximum Gasteiger partial charge on any atom is 0.0683 e. The number of rotatable bonds is 3. The quantitative estimate of drug-likeness (QED) is 0.763. The van der Waals surface area contributed by atoms with Crippen LogP contribution in [0, 0.1) is 0 Å². The van der Waals surface area contributed by atoms with Crippen molar-refractivity contribution in [2.75, 3.05) is 13.2 Å². The molecule has 0 unspecified atom stereocenters. The second kappa shape index (κ2) is 4.75. The number of aliphatic hydroxyl groups excluding tert-OH is 2. The number of hydrogen-bond donors (Lipinski definition) is 2. The van der Waals surface area contributed by atoms with Crippen molar-refractivity contribution >= 4 is 0 Å². The fourth-order valence-electron chi connectivity index (χ4n) is 2.16. The maximum atomic E-state index is 9.53. The van der Waals surface area contributed by atoms with Crippen molar-refractivity contribution in [1.82, 2.24) is 4.90 Å². The Morgan fingerprint density at radius 2 is 2.00 bits per heavy atom. The van der Waals surface area contributed by atoms with E-state index >= 15 is 0 Å². The predicted molar refractivity (Wildman–Crippen MR) is 58.3 cm³/mol. The highest BCUT2D eigenvalue weighted by Gasteiger charge is 2.29. The van der Waals surface area contributed by atoms with Crippen LogP contribution in [0.25, 0.3) is 0 Å². The summed E-state index contributed by atoms with van der Waals surface area (Å²) < 4.78 is 0. The Balaban J connectivity index is 2.00. The Morgan fingerprint density at radius 1 is 1.27 bits per heavy atom. The summed E-state index contributed by atoms with van der Waals surface area (Å²) in [7, 11) is 0. The lowest BCUT2D eigenvalue weighted by molar-refractivity contribution is 0.150. The van der Waals surface area contributed by atoms with Gasteiger partial charge in [0, 0.05) is 19.1 Å². The van der Waals surface area contributed by atoms with E-state index in [2.05, 4.69) is 17.0 Å². The Morgan fingerprint density at radius 3 is 2.67 bits per heavy atom. The van der Waals surface area contributed by atoms with Gasteiger partial charge in [0.1, 0.15) is 0 Å². The van der Waals surface area contributed by atoms with Gasteiger partial charge in [-0.25, -0.2) is 0 Å². The standard InChI is InChI=1S/C12H17NO2/c14-9-11-6-12(15)8-13(11)7-10-4-2-1-3-5-10/h1-5,11-12,14-15H,6-9H2/t11-,12-/m0/s1. The first-order chi connectivity index (χ1) is 7.29. The van der Waals surface area contributed by atoms with E-state index in [0.717, 1.165) is 6.54 Å². The molecule has 1 fully saturated rings. The summed E-state index contributed by atoms with van der Waals surface area (Å²) in [6, 6.07) is 10.3. The molecule has 0 saturated carbocycles. The van der Waals surface area contributed by atoms with E-state index in [1.165, 1.54) is 5.56 Å². The SMILES string of the molecule is OC[C@@H]1C[C@H](O)CN1Cc1ccccc1. The van der Waals surface area contributed by atoms with Gasteiger partial charge in [-0.2, -0.15) is 0 Å². The predicted octanol–water partition coefficient (Wildman–Crippen LogP) is 0.614. The average molecular weight is 207 g/mol. The van der Waals surface area contributed by atoms with Gasteiger partial charge in [-0.3, -0.25) is 4.90 Å². The minimum Gasteiger partial charge on any atom is -0.395 e. The molecule has 0 amide bonds. The molecule has 82 valence electrons. The van der Waals surface area contributed by atoms with Crippen LogP contribution in [0.15, 0.2) is 30.3 Å². The number of aliphatic hydroxyl groups is 2. The lowest BCUT2D eigenvalue weighted by Crippen LogP contribution is -2.31. The molecule has 0 aliphatic carbocycles.